The van der Waals surface area contributed by atoms with Gasteiger partial charge < -0.3 is 0 Å². The molecule has 0 amide bonds. The summed E-state index contributed by atoms with van der Waals surface area (Å²) in [6, 6.07) is 9.54. The zero-order valence-corrected chi connectivity index (χ0v) is 13.8. The molecule has 0 fully saturated rings. The molecule has 0 aromatic heterocycles. The summed E-state index contributed by atoms with van der Waals surface area (Å²) in [6.07, 6.45) is -3.96. The first-order chi connectivity index (χ1) is 9.79. The fraction of sp³-hybridized carbons (Fsp3) is 0.200. The number of hydrogen-bond donors (Lipinski definition) is 0. The van der Waals surface area contributed by atoms with Gasteiger partial charge in [-0.05, 0) is 36.2 Å². The van der Waals surface area contributed by atoms with E-state index in [1.54, 1.807) is 12.1 Å². The molecule has 0 aliphatic carbocycles. The fourth-order valence-corrected chi connectivity index (χ4v) is 3.71. The SMILES string of the molecule is Fc1cccc(Br)c1C(Br)Cc1ccc(C(F)(F)F)cc1. The van der Waals surface area contributed by atoms with Crippen molar-refractivity contribution in [3.8, 4) is 0 Å². The van der Waals surface area contributed by atoms with Crippen LogP contribution < -0.4 is 0 Å². The first kappa shape index (κ1) is 16.5. The molecule has 0 N–H and O–H groups in total. The van der Waals surface area contributed by atoms with Crippen molar-refractivity contribution >= 4 is 31.9 Å². The van der Waals surface area contributed by atoms with E-state index in [4.69, 9.17) is 0 Å². The molecule has 2 rings (SSSR count). The minimum Gasteiger partial charge on any atom is -0.207 e. The lowest BCUT2D eigenvalue weighted by molar-refractivity contribution is -0.137. The van der Waals surface area contributed by atoms with Gasteiger partial charge in [-0.1, -0.05) is 50.1 Å². The van der Waals surface area contributed by atoms with Crippen molar-refractivity contribution in [2.75, 3.05) is 0 Å². The summed E-state index contributed by atoms with van der Waals surface area (Å²) < 4.78 is 51.9. The molecule has 0 aliphatic heterocycles. The Kier molecular flexibility index (Phi) is 5.09. The third-order valence-corrected chi connectivity index (χ3v) is 4.48. The normalized spacial score (nSPS) is 13.2. The molecule has 1 unspecified atom stereocenters. The molecule has 2 aromatic rings. The van der Waals surface area contributed by atoms with E-state index in [1.165, 1.54) is 18.2 Å². The van der Waals surface area contributed by atoms with Gasteiger partial charge in [0.25, 0.3) is 0 Å². The Morgan fingerprint density at radius 1 is 1.00 bits per heavy atom. The standard InChI is InChI=1S/C15H10Br2F4/c16-11-2-1-3-13(18)14(11)12(17)8-9-4-6-10(7-5-9)15(19,20)21/h1-7,12H,8H2. The summed E-state index contributed by atoms with van der Waals surface area (Å²) >= 11 is 6.67. The molecule has 0 nitrogen and oxygen atoms in total. The van der Waals surface area contributed by atoms with Gasteiger partial charge in [0, 0.05) is 14.9 Å². The lowest BCUT2D eigenvalue weighted by Crippen LogP contribution is -2.05. The van der Waals surface area contributed by atoms with Crippen LogP contribution in [0.3, 0.4) is 0 Å². The summed E-state index contributed by atoms with van der Waals surface area (Å²) in [5, 5.41) is 0. The van der Waals surface area contributed by atoms with Crippen molar-refractivity contribution in [3.05, 3.63) is 69.4 Å². The van der Waals surface area contributed by atoms with E-state index >= 15 is 0 Å². The molecular weight excluding hydrogens is 416 g/mol. The summed E-state index contributed by atoms with van der Waals surface area (Å²) in [6.45, 7) is 0. The highest BCUT2D eigenvalue weighted by atomic mass is 79.9. The number of rotatable bonds is 3. The number of alkyl halides is 4. The molecule has 0 aliphatic rings. The van der Waals surface area contributed by atoms with Crippen LogP contribution in [0.5, 0.6) is 0 Å². The molecule has 6 heteroatoms. The number of hydrogen-bond acceptors (Lipinski definition) is 0. The van der Waals surface area contributed by atoms with E-state index in [9.17, 15) is 17.6 Å². The highest BCUT2D eigenvalue weighted by Gasteiger charge is 2.30. The predicted octanol–water partition coefficient (Wildman–Crippen LogP) is 6.29. The minimum atomic E-state index is -4.35. The molecule has 0 bridgehead atoms. The Morgan fingerprint density at radius 2 is 1.62 bits per heavy atom. The van der Waals surface area contributed by atoms with E-state index in [2.05, 4.69) is 31.9 Å². The van der Waals surface area contributed by atoms with E-state index < -0.39 is 11.7 Å². The second-order valence-corrected chi connectivity index (χ2v) is 6.46. The van der Waals surface area contributed by atoms with E-state index in [1.807, 2.05) is 0 Å². The van der Waals surface area contributed by atoms with Gasteiger partial charge in [-0.25, -0.2) is 4.39 Å². The van der Waals surface area contributed by atoms with Crippen LogP contribution in [-0.4, -0.2) is 0 Å². The highest BCUT2D eigenvalue weighted by Crippen LogP contribution is 2.35. The molecule has 0 heterocycles. The van der Waals surface area contributed by atoms with Gasteiger partial charge in [-0.15, -0.1) is 0 Å². The van der Waals surface area contributed by atoms with Crippen molar-refractivity contribution in [3.63, 3.8) is 0 Å². The summed E-state index contributed by atoms with van der Waals surface area (Å²) in [5.41, 5.74) is 0.460. The Hall–Kier alpha value is -0.880. The van der Waals surface area contributed by atoms with Crippen LogP contribution in [0.25, 0.3) is 0 Å². The van der Waals surface area contributed by atoms with E-state index in [-0.39, 0.29) is 10.6 Å². The lowest BCUT2D eigenvalue weighted by atomic mass is 10.0. The first-order valence-corrected chi connectivity index (χ1v) is 7.74. The highest BCUT2D eigenvalue weighted by molar-refractivity contribution is 9.11. The van der Waals surface area contributed by atoms with Crippen LogP contribution in [0.2, 0.25) is 0 Å². The average Bonchev–Trinajstić information content (AvgIpc) is 2.38. The summed E-state index contributed by atoms with van der Waals surface area (Å²) in [5.74, 6) is -0.363. The van der Waals surface area contributed by atoms with Crippen molar-refractivity contribution in [1.29, 1.82) is 0 Å². The molecule has 112 valence electrons. The monoisotopic (exact) mass is 424 g/mol. The van der Waals surface area contributed by atoms with Crippen molar-refractivity contribution < 1.29 is 17.6 Å². The molecule has 0 spiro atoms. The smallest absolute Gasteiger partial charge is 0.207 e. The zero-order chi connectivity index (χ0) is 15.6. The Balaban J connectivity index is 2.18. The van der Waals surface area contributed by atoms with Crippen LogP contribution in [0.15, 0.2) is 46.9 Å². The van der Waals surface area contributed by atoms with Gasteiger partial charge in [-0.3, -0.25) is 0 Å². The maximum absolute atomic E-state index is 13.8. The van der Waals surface area contributed by atoms with Crippen molar-refractivity contribution in [1.82, 2.24) is 0 Å². The van der Waals surface area contributed by atoms with Crippen molar-refractivity contribution in [2.24, 2.45) is 0 Å². The Bertz CT molecular complexity index is 600. The second kappa shape index (κ2) is 6.48. The lowest BCUT2D eigenvalue weighted by Gasteiger charge is -2.14. The van der Waals surface area contributed by atoms with Gasteiger partial charge in [0.1, 0.15) is 5.82 Å². The Labute approximate surface area is 136 Å². The molecule has 0 saturated heterocycles. The molecule has 21 heavy (non-hydrogen) atoms. The van der Waals surface area contributed by atoms with Gasteiger partial charge in [0.05, 0.1) is 5.56 Å². The van der Waals surface area contributed by atoms with Gasteiger partial charge >= 0.3 is 6.18 Å². The van der Waals surface area contributed by atoms with Gasteiger partial charge in [0.15, 0.2) is 0 Å². The van der Waals surface area contributed by atoms with E-state index in [0.717, 1.165) is 12.1 Å². The number of benzene rings is 2. The Morgan fingerprint density at radius 3 is 2.14 bits per heavy atom. The topological polar surface area (TPSA) is 0 Å². The molecule has 1 atom stereocenters. The second-order valence-electron chi connectivity index (χ2n) is 4.50. The zero-order valence-electron chi connectivity index (χ0n) is 10.6. The van der Waals surface area contributed by atoms with Crippen LogP contribution >= 0.6 is 31.9 Å². The minimum absolute atomic E-state index is 0.329. The first-order valence-electron chi connectivity index (χ1n) is 6.03. The molecule has 0 radical (unpaired) electrons. The van der Waals surface area contributed by atoms with Gasteiger partial charge in [0.2, 0.25) is 0 Å². The molecule has 2 aromatic carbocycles. The molecular formula is C15H10Br2F4. The maximum atomic E-state index is 13.8. The predicted molar refractivity (Wildman–Crippen MR) is 80.9 cm³/mol. The quantitative estimate of drug-likeness (QED) is 0.400. The average molecular weight is 426 g/mol. The maximum Gasteiger partial charge on any atom is 0.416 e. The van der Waals surface area contributed by atoms with Crippen LogP contribution in [0.4, 0.5) is 17.6 Å². The number of halogens is 6. The van der Waals surface area contributed by atoms with Crippen LogP contribution in [0.1, 0.15) is 21.5 Å². The van der Waals surface area contributed by atoms with Crippen LogP contribution in [-0.2, 0) is 12.6 Å². The van der Waals surface area contributed by atoms with Gasteiger partial charge in [-0.2, -0.15) is 13.2 Å². The van der Waals surface area contributed by atoms with Crippen molar-refractivity contribution in [2.45, 2.75) is 17.4 Å². The fourth-order valence-electron chi connectivity index (χ4n) is 1.95. The third kappa shape index (κ3) is 4.07. The van der Waals surface area contributed by atoms with E-state index in [0.29, 0.717) is 22.0 Å². The van der Waals surface area contributed by atoms with Crippen LogP contribution in [0, 0.1) is 5.82 Å². The largest absolute Gasteiger partial charge is 0.416 e. The molecule has 0 saturated carbocycles. The third-order valence-electron chi connectivity index (χ3n) is 3.01. The summed E-state index contributed by atoms with van der Waals surface area (Å²) in [7, 11) is 0. The summed E-state index contributed by atoms with van der Waals surface area (Å²) in [4.78, 5) is -0.329.